The monoisotopic (exact) mass is 259 g/mol. The average Bonchev–Trinajstić information content (AvgIpc) is 2.29. The molecule has 0 radical (unpaired) electrons. The number of aliphatic imine (C=N–C) groups is 1. The topological polar surface area (TPSA) is 62.7 Å². The van der Waals surface area contributed by atoms with Gasteiger partial charge >= 0.3 is 0 Å². The molecular weight excluding hydrogens is 238 g/mol. The van der Waals surface area contributed by atoms with Crippen molar-refractivity contribution in [2.24, 2.45) is 4.99 Å². The number of hydrogen-bond acceptors (Lipinski definition) is 5. The Bertz CT molecular complexity index is 284. The lowest BCUT2D eigenvalue weighted by atomic mass is 10.3. The number of ether oxygens (including phenoxy) is 1. The minimum atomic E-state index is -0.261. The van der Waals surface area contributed by atoms with Gasteiger partial charge in [0.1, 0.15) is 6.04 Å². The maximum atomic E-state index is 11.7. The van der Waals surface area contributed by atoms with E-state index in [0.29, 0.717) is 19.2 Å². The van der Waals surface area contributed by atoms with E-state index in [1.54, 1.807) is 18.9 Å². The molecule has 0 aromatic carbocycles. The summed E-state index contributed by atoms with van der Waals surface area (Å²) >= 11 is 1.68. The Morgan fingerprint density at radius 3 is 3.12 bits per heavy atom. The van der Waals surface area contributed by atoms with Crippen LogP contribution in [0.3, 0.4) is 0 Å². The molecule has 0 aromatic rings. The standard InChI is InChI=1S/C11H21N3O2S/c1-8-4-7-17-11(13-8)14-9(2)10(15)12-5-6-16-3/h8-9H,4-7H2,1-3H3,(H,12,15)(H,13,14). The molecule has 0 saturated carbocycles. The summed E-state index contributed by atoms with van der Waals surface area (Å²) < 4.78 is 4.87. The van der Waals surface area contributed by atoms with Gasteiger partial charge in [-0.2, -0.15) is 0 Å². The Morgan fingerprint density at radius 1 is 1.71 bits per heavy atom. The third-order valence-corrected chi connectivity index (χ3v) is 3.39. The smallest absolute Gasteiger partial charge is 0.242 e. The molecule has 1 heterocycles. The number of nitrogens with zero attached hydrogens (tertiary/aromatic N) is 1. The molecular formula is C11H21N3O2S. The van der Waals surface area contributed by atoms with Gasteiger partial charge in [0.2, 0.25) is 5.91 Å². The summed E-state index contributed by atoms with van der Waals surface area (Å²) in [5, 5.41) is 6.80. The third-order valence-electron chi connectivity index (χ3n) is 2.45. The fourth-order valence-corrected chi connectivity index (χ4v) is 2.55. The molecule has 5 nitrogen and oxygen atoms in total. The minimum absolute atomic E-state index is 0.0245. The zero-order valence-corrected chi connectivity index (χ0v) is 11.5. The number of carbonyl (C=O) groups is 1. The molecule has 0 aromatic heterocycles. The largest absolute Gasteiger partial charge is 0.383 e. The van der Waals surface area contributed by atoms with Crippen LogP contribution in [0.2, 0.25) is 0 Å². The zero-order chi connectivity index (χ0) is 12.7. The number of amides is 1. The van der Waals surface area contributed by atoms with Crippen LogP contribution in [-0.2, 0) is 9.53 Å². The number of carbonyl (C=O) groups excluding carboxylic acids is 1. The molecule has 98 valence electrons. The van der Waals surface area contributed by atoms with Crippen molar-refractivity contribution in [2.45, 2.75) is 32.4 Å². The van der Waals surface area contributed by atoms with Crippen molar-refractivity contribution in [3.63, 3.8) is 0 Å². The maximum Gasteiger partial charge on any atom is 0.242 e. The van der Waals surface area contributed by atoms with Gasteiger partial charge in [0, 0.05) is 19.4 Å². The van der Waals surface area contributed by atoms with Crippen LogP contribution in [0.15, 0.2) is 4.99 Å². The Labute approximate surface area is 107 Å². The summed E-state index contributed by atoms with van der Waals surface area (Å²) in [5.74, 6) is 1.04. The highest BCUT2D eigenvalue weighted by Crippen LogP contribution is 2.15. The molecule has 2 unspecified atom stereocenters. The van der Waals surface area contributed by atoms with Crippen LogP contribution in [0.1, 0.15) is 20.3 Å². The predicted octanol–water partition coefficient (Wildman–Crippen LogP) is 0.608. The van der Waals surface area contributed by atoms with E-state index in [1.807, 2.05) is 6.92 Å². The Balaban J connectivity index is 2.32. The van der Waals surface area contributed by atoms with Crippen molar-refractivity contribution in [2.75, 3.05) is 26.0 Å². The van der Waals surface area contributed by atoms with Gasteiger partial charge in [-0.25, -0.2) is 0 Å². The first-order valence-corrected chi connectivity index (χ1v) is 6.86. The molecule has 1 amide bonds. The molecule has 1 aliphatic rings. The summed E-state index contributed by atoms with van der Waals surface area (Å²) in [6, 6.07) is 0.0888. The first-order valence-electron chi connectivity index (χ1n) is 5.87. The second kappa shape index (κ2) is 7.55. The van der Waals surface area contributed by atoms with E-state index in [1.165, 1.54) is 0 Å². The Kier molecular flexibility index (Phi) is 6.36. The van der Waals surface area contributed by atoms with Crippen molar-refractivity contribution in [1.29, 1.82) is 0 Å². The quantitative estimate of drug-likeness (QED) is 0.710. The molecule has 0 aliphatic carbocycles. The van der Waals surface area contributed by atoms with Crippen molar-refractivity contribution in [3.05, 3.63) is 0 Å². The fraction of sp³-hybridized carbons (Fsp3) is 0.818. The molecule has 0 bridgehead atoms. The van der Waals surface area contributed by atoms with Gasteiger partial charge in [-0.05, 0) is 20.3 Å². The van der Waals surface area contributed by atoms with Crippen LogP contribution in [0.25, 0.3) is 0 Å². The highest BCUT2D eigenvalue weighted by atomic mass is 32.2. The lowest BCUT2D eigenvalue weighted by molar-refractivity contribution is -0.122. The number of thioether (sulfide) groups is 1. The second-order valence-electron chi connectivity index (χ2n) is 4.07. The Morgan fingerprint density at radius 2 is 2.47 bits per heavy atom. The molecule has 6 heteroatoms. The van der Waals surface area contributed by atoms with E-state index in [0.717, 1.165) is 17.3 Å². The van der Waals surface area contributed by atoms with E-state index >= 15 is 0 Å². The number of hydrogen-bond donors (Lipinski definition) is 2. The normalized spacial score (nSPS) is 21.6. The third kappa shape index (κ3) is 5.41. The Hall–Kier alpha value is -0.750. The second-order valence-corrected chi connectivity index (χ2v) is 5.15. The summed E-state index contributed by atoms with van der Waals surface area (Å²) in [5.41, 5.74) is 0. The first kappa shape index (κ1) is 14.3. The lowest BCUT2D eigenvalue weighted by Crippen LogP contribution is -2.45. The van der Waals surface area contributed by atoms with E-state index in [4.69, 9.17) is 4.74 Å². The van der Waals surface area contributed by atoms with Crippen LogP contribution in [0.5, 0.6) is 0 Å². The summed E-state index contributed by atoms with van der Waals surface area (Å²) in [6.07, 6.45) is 1.10. The minimum Gasteiger partial charge on any atom is -0.383 e. The average molecular weight is 259 g/mol. The SMILES string of the molecule is COCCNC(=O)C(C)NC1=NC(C)CCS1. The van der Waals surface area contributed by atoms with Crippen LogP contribution >= 0.6 is 11.8 Å². The first-order chi connectivity index (χ1) is 8.13. The maximum absolute atomic E-state index is 11.7. The summed E-state index contributed by atoms with van der Waals surface area (Å²) in [4.78, 5) is 16.1. The van der Waals surface area contributed by atoms with Gasteiger partial charge in [0.05, 0.1) is 12.6 Å². The number of amidine groups is 1. The fourth-order valence-electron chi connectivity index (χ4n) is 1.39. The van der Waals surface area contributed by atoms with Crippen molar-refractivity contribution in [3.8, 4) is 0 Å². The highest BCUT2D eigenvalue weighted by Gasteiger charge is 2.17. The van der Waals surface area contributed by atoms with Crippen molar-refractivity contribution in [1.82, 2.24) is 10.6 Å². The van der Waals surface area contributed by atoms with Crippen LogP contribution in [-0.4, -0.2) is 49.2 Å². The molecule has 2 atom stereocenters. The molecule has 0 saturated heterocycles. The van der Waals surface area contributed by atoms with Crippen LogP contribution in [0, 0.1) is 0 Å². The van der Waals surface area contributed by atoms with Gasteiger partial charge in [0.15, 0.2) is 5.17 Å². The number of rotatable bonds is 5. The van der Waals surface area contributed by atoms with Gasteiger partial charge in [0.25, 0.3) is 0 Å². The van der Waals surface area contributed by atoms with Crippen molar-refractivity contribution < 1.29 is 9.53 Å². The van der Waals surface area contributed by atoms with E-state index in [-0.39, 0.29) is 11.9 Å². The van der Waals surface area contributed by atoms with Crippen LogP contribution in [0.4, 0.5) is 0 Å². The molecule has 1 aliphatic heterocycles. The lowest BCUT2D eigenvalue weighted by Gasteiger charge is -2.21. The predicted molar refractivity (Wildman–Crippen MR) is 71.5 cm³/mol. The van der Waals surface area contributed by atoms with Crippen molar-refractivity contribution >= 4 is 22.8 Å². The summed E-state index contributed by atoms with van der Waals surface area (Å²) in [7, 11) is 1.61. The van der Waals surface area contributed by atoms with E-state index in [9.17, 15) is 4.79 Å². The van der Waals surface area contributed by atoms with Gasteiger partial charge in [-0.15, -0.1) is 0 Å². The molecule has 2 N–H and O–H groups in total. The highest BCUT2D eigenvalue weighted by molar-refractivity contribution is 8.13. The van der Waals surface area contributed by atoms with E-state index in [2.05, 4.69) is 22.5 Å². The summed E-state index contributed by atoms with van der Waals surface area (Å²) in [6.45, 7) is 5.00. The van der Waals surface area contributed by atoms with E-state index < -0.39 is 0 Å². The molecule has 0 spiro atoms. The molecule has 0 fully saturated rings. The molecule has 1 rings (SSSR count). The number of nitrogens with one attached hydrogen (secondary N) is 2. The van der Waals surface area contributed by atoms with Gasteiger partial charge in [-0.3, -0.25) is 9.79 Å². The van der Waals surface area contributed by atoms with Gasteiger partial charge in [-0.1, -0.05) is 11.8 Å². The number of methoxy groups -OCH3 is 1. The zero-order valence-electron chi connectivity index (χ0n) is 10.7. The van der Waals surface area contributed by atoms with Crippen LogP contribution < -0.4 is 10.6 Å². The van der Waals surface area contributed by atoms with Gasteiger partial charge < -0.3 is 15.4 Å². The molecule has 17 heavy (non-hydrogen) atoms.